The maximum atomic E-state index is 8.82. The molecule has 0 atom stereocenters. The minimum absolute atomic E-state index is 0.595. The van der Waals surface area contributed by atoms with Crippen molar-refractivity contribution in [2.24, 2.45) is 0 Å². The zero-order chi connectivity index (χ0) is 9.97. The number of nitriles is 1. The number of aromatic nitrogens is 1. The van der Waals surface area contributed by atoms with E-state index < -0.39 is 0 Å². The number of halogens is 1. The molecule has 0 fully saturated rings. The number of benzene rings is 1. The van der Waals surface area contributed by atoms with Gasteiger partial charge in [-0.15, -0.1) is 0 Å². The van der Waals surface area contributed by atoms with Crippen LogP contribution in [0.2, 0.25) is 5.02 Å². The summed E-state index contributed by atoms with van der Waals surface area (Å²) in [7, 11) is 0. The number of hydrogen-bond acceptors (Lipinski definition) is 3. The Bertz CT molecular complexity index is 499. The lowest BCUT2D eigenvalue weighted by molar-refractivity contribution is 1.46. The van der Waals surface area contributed by atoms with Crippen LogP contribution in [0.4, 0.5) is 0 Å². The summed E-state index contributed by atoms with van der Waals surface area (Å²) in [6.07, 6.45) is 0. The molecule has 0 N–H and O–H groups in total. The van der Waals surface area contributed by atoms with Crippen LogP contribution >= 0.6 is 23.1 Å². The Labute approximate surface area is 90.6 Å². The van der Waals surface area contributed by atoms with Crippen molar-refractivity contribution < 1.29 is 0 Å². The molecule has 0 spiro atoms. The normalized spacial score (nSPS) is 9.71. The molecule has 2 nitrogen and oxygen atoms in total. The minimum Gasteiger partial charge on any atom is -0.192 e. The highest BCUT2D eigenvalue weighted by molar-refractivity contribution is 7.04. The van der Waals surface area contributed by atoms with Crippen LogP contribution in [0, 0.1) is 11.3 Å². The zero-order valence-corrected chi connectivity index (χ0v) is 8.64. The lowest BCUT2D eigenvalue weighted by atomic mass is 10.1. The molecule has 0 aliphatic heterocycles. The first-order valence-corrected chi connectivity index (χ1v) is 5.13. The summed E-state index contributed by atoms with van der Waals surface area (Å²) in [5, 5.41) is 11.2. The van der Waals surface area contributed by atoms with Crippen LogP contribution in [-0.2, 0) is 0 Å². The van der Waals surface area contributed by atoms with Gasteiger partial charge >= 0.3 is 0 Å². The van der Waals surface area contributed by atoms with Gasteiger partial charge in [-0.1, -0.05) is 23.7 Å². The predicted molar refractivity (Wildman–Crippen MR) is 57.3 cm³/mol. The van der Waals surface area contributed by atoms with E-state index in [0.29, 0.717) is 16.3 Å². The summed E-state index contributed by atoms with van der Waals surface area (Å²) in [6, 6.07) is 9.43. The highest BCUT2D eigenvalue weighted by Gasteiger charge is 2.07. The van der Waals surface area contributed by atoms with Gasteiger partial charge in [0.15, 0.2) is 0 Å². The molecule has 0 unspecified atom stereocenters. The number of nitrogens with zero attached hydrogens (tertiary/aromatic N) is 2. The summed E-state index contributed by atoms with van der Waals surface area (Å²) >= 11 is 7.13. The molecule has 2 rings (SSSR count). The van der Waals surface area contributed by atoms with Gasteiger partial charge < -0.3 is 0 Å². The lowest BCUT2D eigenvalue weighted by Gasteiger charge is -1.97. The first-order chi connectivity index (χ1) is 6.81. The fourth-order valence-corrected chi connectivity index (χ4v) is 1.98. The van der Waals surface area contributed by atoms with Crippen LogP contribution in [0.1, 0.15) is 5.56 Å². The summed E-state index contributed by atoms with van der Waals surface area (Å²) in [5.74, 6) is 0. The van der Waals surface area contributed by atoms with Gasteiger partial charge in [0.05, 0.1) is 5.56 Å². The highest BCUT2D eigenvalue weighted by atomic mass is 35.5. The van der Waals surface area contributed by atoms with E-state index >= 15 is 0 Å². The van der Waals surface area contributed by atoms with Gasteiger partial charge in [-0.05, 0) is 23.7 Å². The van der Waals surface area contributed by atoms with Crippen molar-refractivity contribution in [3.05, 3.63) is 40.2 Å². The second-order valence-electron chi connectivity index (χ2n) is 2.70. The van der Waals surface area contributed by atoms with Crippen LogP contribution in [0.25, 0.3) is 11.3 Å². The van der Waals surface area contributed by atoms with Crippen LogP contribution in [0.15, 0.2) is 29.6 Å². The van der Waals surface area contributed by atoms with Gasteiger partial charge in [-0.2, -0.15) is 9.64 Å². The Morgan fingerprint density at radius 3 is 3.00 bits per heavy atom. The molecule has 0 saturated carbocycles. The van der Waals surface area contributed by atoms with Gasteiger partial charge in [0.2, 0.25) is 0 Å². The molecule has 0 aliphatic rings. The summed E-state index contributed by atoms with van der Waals surface area (Å²) in [5.41, 5.74) is 2.19. The Hall–Kier alpha value is -1.37. The van der Waals surface area contributed by atoms with Crippen molar-refractivity contribution in [3.8, 4) is 17.3 Å². The predicted octanol–water partition coefficient (Wildman–Crippen LogP) is 3.34. The second-order valence-corrected chi connectivity index (χ2v) is 3.76. The van der Waals surface area contributed by atoms with Gasteiger partial charge in [-0.3, -0.25) is 0 Å². The molecule has 2 aromatic rings. The standard InChI is InChI=1S/C10H5ClN2S/c11-9-3-1-2-7(4-9)10-8(5-12)6-14-13-10/h1-4,6H. The van der Waals surface area contributed by atoms with Crippen LogP contribution < -0.4 is 0 Å². The van der Waals surface area contributed by atoms with Crippen molar-refractivity contribution in [2.75, 3.05) is 0 Å². The molecule has 4 heteroatoms. The van der Waals surface area contributed by atoms with E-state index in [2.05, 4.69) is 10.4 Å². The molecule has 1 heterocycles. The van der Waals surface area contributed by atoms with Gasteiger partial charge in [-0.25, -0.2) is 0 Å². The molecular weight excluding hydrogens is 216 g/mol. The largest absolute Gasteiger partial charge is 0.192 e. The van der Waals surface area contributed by atoms with E-state index in [1.807, 2.05) is 12.1 Å². The Balaban J connectivity index is 2.56. The molecule has 14 heavy (non-hydrogen) atoms. The Kier molecular flexibility index (Phi) is 2.49. The highest BCUT2D eigenvalue weighted by Crippen LogP contribution is 2.25. The van der Waals surface area contributed by atoms with E-state index in [1.165, 1.54) is 11.5 Å². The van der Waals surface area contributed by atoms with E-state index in [-0.39, 0.29) is 0 Å². The summed E-state index contributed by atoms with van der Waals surface area (Å²) in [4.78, 5) is 0. The molecule has 0 bridgehead atoms. The maximum Gasteiger partial charge on any atom is 0.102 e. The van der Waals surface area contributed by atoms with E-state index in [0.717, 1.165) is 5.56 Å². The SMILES string of the molecule is N#Cc1csnc1-c1cccc(Cl)c1. The number of hydrogen-bond donors (Lipinski definition) is 0. The molecule has 0 radical (unpaired) electrons. The molecule has 1 aromatic carbocycles. The van der Waals surface area contributed by atoms with Gasteiger partial charge in [0.1, 0.15) is 11.8 Å². The zero-order valence-electron chi connectivity index (χ0n) is 7.07. The van der Waals surface area contributed by atoms with E-state index in [1.54, 1.807) is 17.5 Å². The van der Waals surface area contributed by atoms with Crippen molar-refractivity contribution in [1.82, 2.24) is 4.37 Å². The Morgan fingerprint density at radius 1 is 1.43 bits per heavy atom. The number of rotatable bonds is 1. The van der Waals surface area contributed by atoms with Crippen molar-refractivity contribution in [1.29, 1.82) is 5.26 Å². The van der Waals surface area contributed by atoms with Crippen molar-refractivity contribution >= 4 is 23.1 Å². The third-order valence-corrected chi connectivity index (χ3v) is 2.65. The first-order valence-electron chi connectivity index (χ1n) is 3.91. The van der Waals surface area contributed by atoms with E-state index in [4.69, 9.17) is 16.9 Å². The van der Waals surface area contributed by atoms with Crippen molar-refractivity contribution in [2.45, 2.75) is 0 Å². The molecular formula is C10H5ClN2S. The second kappa shape index (κ2) is 3.79. The van der Waals surface area contributed by atoms with Crippen LogP contribution in [-0.4, -0.2) is 4.37 Å². The lowest BCUT2D eigenvalue weighted by Crippen LogP contribution is -1.80. The van der Waals surface area contributed by atoms with Gasteiger partial charge in [0, 0.05) is 16.0 Å². The minimum atomic E-state index is 0.595. The first kappa shape index (κ1) is 9.20. The molecule has 0 amide bonds. The monoisotopic (exact) mass is 220 g/mol. The third-order valence-electron chi connectivity index (χ3n) is 1.79. The van der Waals surface area contributed by atoms with Crippen LogP contribution in [0.3, 0.4) is 0 Å². The topological polar surface area (TPSA) is 36.7 Å². The molecule has 0 saturated heterocycles. The summed E-state index contributed by atoms with van der Waals surface area (Å²) in [6.45, 7) is 0. The van der Waals surface area contributed by atoms with Gasteiger partial charge in [0.25, 0.3) is 0 Å². The molecule has 0 aliphatic carbocycles. The quantitative estimate of drug-likeness (QED) is 0.739. The Morgan fingerprint density at radius 2 is 2.29 bits per heavy atom. The smallest absolute Gasteiger partial charge is 0.102 e. The van der Waals surface area contributed by atoms with E-state index in [9.17, 15) is 0 Å². The fraction of sp³-hybridized carbons (Fsp3) is 0. The molecule has 1 aromatic heterocycles. The molecule has 68 valence electrons. The average Bonchev–Trinajstić information content (AvgIpc) is 2.65. The maximum absolute atomic E-state index is 8.82. The van der Waals surface area contributed by atoms with Crippen molar-refractivity contribution in [3.63, 3.8) is 0 Å². The van der Waals surface area contributed by atoms with Crippen LogP contribution in [0.5, 0.6) is 0 Å². The average molecular weight is 221 g/mol. The fourth-order valence-electron chi connectivity index (χ4n) is 1.16. The summed E-state index contributed by atoms with van der Waals surface area (Å²) < 4.78 is 4.16. The third kappa shape index (κ3) is 1.63.